The molecule has 6 nitrogen and oxygen atoms in total. The molecule has 0 aromatic heterocycles. The summed E-state index contributed by atoms with van der Waals surface area (Å²) in [5.74, 6) is 0.125. The van der Waals surface area contributed by atoms with Crippen molar-refractivity contribution in [1.29, 1.82) is 0 Å². The molecule has 0 heterocycles. The fraction of sp³-hybridized carbons (Fsp3) is 0.533. The van der Waals surface area contributed by atoms with Gasteiger partial charge in [-0.05, 0) is 25.8 Å². The van der Waals surface area contributed by atoms with Crippen molar-refractivity contribution in [2.24, 2.45) is 0 Å². The first-order valence-corrected chi connectivity index (χ1v) is 7.17. The van der Waals surface area contributed by atoms with Crippen molar-refractivity contribution in [3.63, 3.8) is 0 Å². The molecule has 0 spiro atoms. The van der Waals surface area contributed by atoms with Gasteiger partial charge in [-0.2, -0.15) is 0 Å². The Morgan fingerprint density at radius 2 is 2.05 bits per heavy atom. The van der Waals surface area contributed by atoms with Gasteiger partial charge in [-0.15, -0.1) is 0 Å². The lowest BCUT2D eigenvalue weighted by Crippen LogP contribution is -2.43. The zero-order chi connectivity index (χ0) is 15.3. The van der Waals surface area contributed by atoms with Crippen LogP contribution in [-0.2, 0) is 4.79 Å². The highest BCUT2D eigenvalue weighted by Gasteiger charge is 2.29. The number of nitro benzene ring substituents is 1. The van der Waals surface area contributed by atoms with Crippen LogP contribution in [0.1, 0.15) is 39.0 Å². The van der Waals surface area contributed by atoms with Gasteiger partial charge in [-0.25, -0.2) is 0 Å². The van der Waals surface area contributed by atoms with Gasteiger partial charge in [0.05, 0.1) is 18.0 Å². The highest BCUT2D eigenvalue weighted by atomic mass is 16.6. The molecule has 1 aliphatic carbocycles. The fourth-order valence-corrected chi connectivity index (χ4v) is 2.66. The zero-order valence-corrected chi connectivity index (χ0v) is 12.1. The van der Waals surface area contributed by atoms with Crippen LogP contribution in [0, 0.1) is 10.1 Å². The normalized spacial score (nSPS) is 16.4. The summed E-state index contributed by atoms with van der Waals surface area (Å²) < 4.78 is 5.36. The number of hydrogen-bond donors (Lipinski definition) is 1. The van der Waals surface area contributed by atoms with E-state index in [1.165, 1.54) is 12.1 Å². The molecule has 0 radical (unpaired) electrons. The molecule has 1 N–H and O–H groups in total. The third-order valence-corrected chi connectivity index (χ3v) is 3.80. The van der Waals surface area contributed by atoms with Gasteiger partial charge in [0.25, 0.3) is 0 Å². The summed E-state index contributed by atoms with van der Waals surface area (Å²) >= 11 is 0. The molecule has 114 valence electrons. The van der Waals surface area contributed by atoms with E-state index in [-0.39, 0.29) is 35.9 Å². The molecular weight excluding hydrogens is 272 g/mol. The van der Waals surface area contributed by atoms with E-state index in [9.17, 15) is 14.9 Å². The molecule has 1 fully saturated rings. The van der Waals surface area contributed by atoms with Crippen molar-refractivity contribution < 1.29 is 14.5 Å². The molecule has 0 aliphatic heterocycles. The van der Waals surface area contributed by atoms with Crippen molar-refractivity contribution in [3.8, 4) is 5.75 Å². The highest BCUT2D eigenvalue weighted by Crippen LogP contribution is 2.29. The summed E-state index contributed by atoms with van der Waals surface area (Å²) in [6, 6.07) is 6.17. The summed E-state index contributed by atoms with van der Waals surface area (Å²) in [4.78, 5) is 22.2. The Hall–Kier alpha value is -2.11. The van der Waals surface area contributed by atoms with Crippen molar-refractivity contribution in [3.05, 3.63) is 34.4 Å². The van der Waals surface area contributed by atoms with E-state index in [2.05, 4.69) is 12.2 Å². The van der Waals surface area contributed by atoms with Gasteiger partial charge in [0.15, 0.2) is 5.75 Å². The topological polar surface area (TPSA) is 81.5 Å². The molecule has 6 heteroatoms. The highest BCUT2D eigenvalue weighted by molar-refractivity contribution is 5.76. The first-order valence-electron chi connectivity index (χ1n) is 7.17. The van der Waals surface area contributed by atoms with Gasteiger partial charge in [0.2, 0.25) is 5.91 Å². The molecule has 0 bridgehead atoms. The van der Waals surface area contributed by atoms with Crippen LogP contribution in [0.5, 0.6) is 5.75 Å². The Labute approximate surface area is 123 Å². The number of rotatable bonds is 6. The van der Waals surface area contributed by atoms with E-state index < -0.39 is 4.92 Å². The molecule has 0 unspecified atom stereocenters. The minimum atomic E-state index is -0.491. The van der Waals surface area contributed by atoms with Gasteiger partial charge in [-0.3, -0.25) is 14.9 Å². The molecular formula is C15H20N2O4. The van der Waals surface area contributed by atoms with Crippen molar-refractivity contribution in [2.75, 3.05) is 6.61 Å². The summed E-state index contributed by atoms with van der Waals surface area (Å²) in [6.45, 7) is 2.19. The summed E-state index contributed by atoms with van der Waals surface area (Å²) in [5, 5.41) is 13.9. The second-order valence-electron chi connectivity index (χ2n) is 5.64. The third kappa shape index (κ3) is 4.18. The van der Waals surface area contributed by atoms with Crippen LogP contribution < -0.4 is 10.1 Å². The van der Waals surface area contributed by atoms with Crippen LogP contribution in [0.3, 0.4) is 0 Å². The van der Waals surface area contributed by atoms with Crippen LogP contribution >= 0.6 is 0 Å². The van der Waals surface area contributed by atoms with E-state index in [1.807, 2.05) is 0 Å². The number of benzene rings is 1. The Bertz CT molecular complexity index is 524. The minimum absolute atomic E-state index is 0.0713. The van der Waals surface area contributed by atoms with Gasteiger partial charge < -0.3 is 10.1 Å². The second-order valence-corrected chi connectivity index (χ2v) is 5.64. The number of para-hydroxylation sites is 2. The Kier molecular flexibility index (Phi) is 4.77. The fourth-order valence-electron chi connectivity index (χ4n) is 2.66. The Balaban J connectivity index is 1.81. The molecule has 0 atom stereocenters. The van der Waals surface area contributed by atoms with Gasteiger partial charge in [0.1, 0.15) is 0 Å². The molecule has 1 aliphatic rings. The quantitative estimate of drug-likeness (QED) is 0.645. The van der Waals surface area contributed by atoms with E-state index in [4.69, 9.17) is 4.74 Å². The SMILES string of the molecule is CC1(NC(=O)CCOc2ccccc2[N+](=O)[O-])CCCC1. The maximum Gasteiger partial charge on any atom is 0.310 e. The van der Waals surface area contributed by atoms with Crippen LogP contribution in [0.25, 0.3) is 0 Å². The van der Waals surface area contributed by atoms with Crippen LogP contribution in [0.2, 0.25) is 0 Å². The number of carbonyl (C=O) groups is 1. The van der Waals surface area contributed by atoms with Crippen molar-refractivity contribution in [2.45, 2.75) is 44.6 Å². The summed E-state index contributed by atoms with van der Waals surface area (Å²) in [7, 11) is 0. The predicted octanol–water partition coefficient (Wildman–Crippen LogP) is 2.81. The molecule has 1 aromatic carbocycles. The Morgan fingerprint density at radius 1 is 1.38 bits per heavy atom. The summed E-state index contributed by atoms with van der Waals surface area (Å²) in [5.41, 5.74) is -0.184. The Morgan fingerprint density at radius 3 is 2.71 bits per heavy atom. The lowest BCUT2D eigenvalue weighted by molar-refractivity contribution is -0.385. The first kappa shape index (κ1) is 15.3. The number of nitrogens with one attached hydrogen (secondary N) is 1. The van der Waals surface area contributed by atoms with Gasteiger partial charge >= 0.3 is 5.69 Å². The van der Waals surface area contributed by atoms with Crippen LogP contribution in [0.4, 0.5) is 5.69 Å². The molecule has 2 rings (SSSR count). The largest absolute Gasteiger partial charge is 0.486 e. The van der Waals surface area contributed by atoms with E-state index in [1.54, 1.807) is 12.1 Å². The van der Waals surface area contributed by atoms with E-state index >= 15 is 0 Å². The first-order chi connectivity index (χ1) is 10.0. The predicted molar refractivity (Wildman–Crippen MR) is 78.2 cm³/mol. The summed E-state index contributed by atoms with van der Waals surface area (Å²) in [6.07, 6.45) is 4.49. The lowest BCUT2D eigenvalue weighted by Gasteiger charge is -2.25. The number of hydrogen-bond acceptors (Lipinski definition) is 4. The number of ether oxygens (including phenoxy) is 1. The molecule has 1 aromatic rings. The van der Waals surface area contributed by atoms with Gasteiger partial charge in [-0.1, -0.05) is 25.0 Å². The molecule has 1 amide bonds. The van der Waals surface area contributed by atoms with Crippen LogP contribution in [-0.4, -0.2) is 23.0 Å². The van der Waals surface area contributed by atoms with Gasteiger partial charge in [0, 0.05) is 11.6 Å². The molecule has 21 heavy (non-hydrogen) atoms. The smallest absolute Gasteiger partial charge is 0.310 e. The van der Waals surface area contributed by atoms with E-state index in [0.717, 1.165) is 25.7 Å². The minimum Gasteiger partial charge on any atom is -0.486 e. The monoisotopic (exact) mass is 292 g/mol. The van der Waals surface area contributed by atoms with Crippen LogP contribution in [0.15, 0.2) is 24.3 Å². The standard InChI is InChI=1S/C15H20N2O4/c1-15(9-4-5-10-15)16-14(18)8-11-21-13-7-3-2-6-12(13)17(19)20/h2-3,6-7H,4-5,8-11H2,1H3,(H,16,18). The maximum absolute atomic E-state index is 11.9. The van der Waals surface area contributed by atoms with Crippen molar-refractivity contribution >= 4 is 11.6 Å². The second kappa shape index (κ2) is 6.56. The number of carbonyl (C=O) groups excluding carboxylic acids is 1. The molecule has 1 saturated carbocycles. The van der Waals surface area contributed by atoms with Crippen molar-refractivity contribution in [1.82, 2.24) is 5.32 Å². The maximum atomic E-state index is 11.9. The molecule has 0 saturated heterocycles. The average Bonchev–Trinajstić information content (AvgIpc) is 2.85. The average molecular weight is 292 g/mol. The van der Waals surface area contributed by atoms with E-state index in [0.29, 0.717) is 0 Å². The third-order valence-electron chi connectivity index (χ3n) is 3.80. The number of nitrogens with zero attached hydrogens (tertiary/aromatic N) is 1. The zero-order valence-electron chi connectivity index (χ0n) is 12.1. The number of amides is 1. The lowest BCUT2D eigenvalue weighted by atomic mass is 10.0. The number of nitro groups is 1.